The summed E-state index contributed by atoms with van der Waals surface area (Å²) in [5, 5.41) is 10.0. The fourth-order valence-corrected chi connectivity index (χ4v) is 1.27. The van der Waals surface area contributed by atoms with Crippen LogP contribution in [-0.2, 0) is 4.79 Å². The minimum Gasteiger partial charge on any atom is -0.506 e. The van der Waals surface area contributed by atoms with E-state index in [9.17, 15) is 9.90 Å². The lowest BCUT2D eigenvalue weighted by molar-refractivity contribution is 0.480. The van der Waals surface area contributed by atoms with E-state index in [-0.39, 0.29) is 5.75 Å². The molecule has 0 aliphatic carbocycles. The highest BCUT2D eigenvalue weighted by molar-refractivity contribution is 5.90. The van der Waals surface area contributed by atoms with Gasteiger partial charge in [0.05, 0.1) is 11.7 Å². The second-order valence-corrected chi connectivity index (χ2v) is 2.54. The maximum atomic E-state index is 10.5. The molecule has 60 valence electrons. The lowest BCUT2D eigenvalue weighted by Crippen LogP contribution is -1.89. The third-order valence-electron chi connectivity index (χ3n) is 1.83. The summed E-state index contributed by atoms with van der Waals surface area (Å²) >= 11 is 0. The molecule has 0 saturated heterocycles. The van der Waals surface area contributed by atoms with Crippen LogP contribution in [0.1, 0.15) is 0 Å². The first-order valence-corrected chi connectivity index (χ1v) is 3.57. The van der Waals surface area contributed by atoms with E-state index in [0.29, 0.717) is 11.8 Å². The predicted octanol–water partition coefficient (Wildman–Crippen LogP) is 1.39. The molecule has 0 amide bonds. The summed E-state index contributed by atoms with van der Waals surface area (Å²) in [7, 11) is 0. The number of aromatic hydroxyl groups is 1. The number of nitrogens with zero attached hydrogens (tertiary/aromatic N) is 1. The quantitative estimate of drug-likeness (QED) is 0.642. The highest BCUT2D eigenvalue weighted by atomic mass is 16.3. The van der Waals surface area contributed by atoms with Crippen LogP contribution in [0.3, 0.4) is 0 Å². The molecule has 1 aromatic carbocycles. The van der Waals surface area contributed by atoms with Crippen LogP contribution in [-0.4, -0.2) is 16.1 Å². The largest absolute Gasteiger partial charge is 0.506 e. The highest BCUT2D eigenvalue weighted by Gasteiger charge is 2.04. The summed E-state index contributed by atoms with van der Waals surface area (Å²) in [4.78, 5) is 10.5. The highest BCUT2D eigenvalue weighted by Crippen LogP contribution is 2.25. The molecule has 3 heteroatoms. The van der Waals surface area contributed by atoms with Gasteiger partial charge >= 0.3 is 0 Å². The topological polar surface area (TPSA) is 42.2 Å². The van der Waals surface area contributed by atoms with Crippen LogP contribution in [0.4, 0.5) is 0 Å². The standard InChI is InChI=1S/C9H7NO2/c11-6-10-5-9(12)7-3-1-2-4-8(7)10/h1-6,12H. The normalized spacial score (nSPS) is 10.3. The van der Waals surface area contributed by atoms with E-state index >= 15 is 0 Å². The number of benzene rings is 1. The zero-order chi connectivity index (χ0) is 8.55. The Morgan fingerprint density at radius 2 is 2.08 bits per heavy atom. The molecular weight excluding hydrogens is 154 g/mol. The number of aromatic nitrogens is 1. The van der Waals surface area contributed by atoms with Crippen molar-refractivity contribution >= 4 is 17.3 Å². The first-order valence-electron chi connectivity index (χ1n) is 3.57. The number of hydrogen-bond donors (Lipinski definition) is 1. The molecule has 0 unspecified atom stereocenters. The molecule has 0 atom stereocenters. The first-order chi connectivity index (χ1) is 5.83. The molecule has 0 spiro atoms. The fourth-order valence-electron chi connectivity index (χ4n) is 1.27. The van der Waals surface area contributed by atoms with Crippen molar-refractivity contribution in [3.63, 3.8) is 0 Å². The SMILES string of the molecule is O=Cn1cc(O)c2ccccc21. The van der Waals surface area contributed by atoms with E-state index in [0.717, 1.165) is 5.52 Å². The van der Waals surface area contributed by atoms with Gasteiger partial charge in [0.1, 0.15) is 5.75 Å². The molecule has 0 aliphatic heterocycles. The predicted molar refractivity (Wildman–Crippen MR) is 45.8 cm³/mol. The Labute approximate surface area is 68.9 Å². The Morgan fingerprint density at radius 3 is 2.83 bits per heavy atom. The Balaban J connectivity index is 2.91. The van der Waals surface area contributed by atoms with E-state index in [1.165, 1.54) is 10.8 Å². The van der Waals surface area contributed by atoms with Gasteiger partial charge in [-0.2, -0.15) is 0 Å². The molecule has 1 N–H and O–H groups in total. The maximum absolute atomic E-state index is 10.5. The van der Waals surface area contributed by atoms with E-state index < -0.39 is 0 Å². The van der Waals surface area contributed by atoms with Crippen LogP contribution in [0, 0.1) is 0 Å². The molecule has 1 heterocycles. The summed E-state index contributed by atoms with van der Waals surface area (Å²) in [5.41, 5.74) is 0.727. The molecule has 2 rings (SSSR count). The van der Waals surface area contributed by atoms with Crippen LogP contribution in [0.5, 0.6) is 5.75 Å². The summed E-state index contributed by atoms with van der Waals surface area (Å²) in [6, 6.07) is 7.19. The molecule has 1 aromatic heterocycles. The fraction of sp³-hybridized carbons (Fsp3) is 0. The average molecular weight is 161 g/mol. The van der Waals surface area contributed by atoms with Crippen LogP contribution >= 0.6 is 0 Å². The molecule has 12 heavy (non-hydrogen) atoms. The first kappa shape index (κ1) is 6.91. The van der Waals surface area contributed by atoms with Crippen molar-refractivity contribution in [1.82, 2.24) is 4.57 Å². The van der Waals surface area contributed by atoms with Crippen LogP contribution in [0.2, 0.25) is 0 Å². The second-order valence-electron chi connectivity index (χ2n) is 2.54. The molecule has 0 saturated carbocycles. The Bertz CT molecular complexity index is 431. The Kier molecular flexibility index (Phi) is 1.37. The third-order valence-corrected chi connectivity index (χ3v) is 1.83. The average Bonchev–Trinajstić information content (AvgIpc) is 2.44. The summed E-state index contributed by atoms with van der Waals surface area (Å²) in [5.74, 6) is 0.137. The maximum Gasteiger partial charge on any atom is 0.218 e. The van der Waals surface area contributed by atoms with Gasteiger partial charge in [0.2, 0.25) is 6.41 Å². The number of rotatable bonds is 1. The number of para-hydroxylation sites is 1. The van der Waals surface area contributed by atoms with Gasteiger partial charge in [-0.3, -0.25) is 9.36 Å². The number of fused-ring (bicyclic) bond motifs is 1. The summed E-state index contributed by atoms with van der Waals surface area (Å²) < 4.78 is 1.35. The van der Waals surface area contributed by atoms with Crippen molar-refractivity contribution in [2.45, 2.75) is 0 Å². The van der Waals surface area contributed by atoms with E-state index in [4.69, 9.17) is 0 Å². The van der Waals surface area contributed by atoms with Crippen molar-refractivity contribution in [3.8, 4) is 5.75 Å². The second kappa shape index (κ2) is 2.37. The lowest BCUT2D eigenvalue weighted by atomic mass is 10.2. The van der Waals surface area contributed by atoms with Crippen molar-refractivity contribution < 1.29 is 9.90 Å². The molecule has 2 aromatic rings. The molecule has 0 aliphatic rings. The van der Waals surface area contributed by atoms with Gasteiger partial charge in [0, 0.05) is 5.39 Å². The van der Waals surface area contributed by atoms with Gasteiger partial charge < -0.3 is 5.11 Å². The van der Waals surface area contributed by atoms with Crippen LogP contribution < -0.4 is 0 Å². The minimum absolute atomic E-state index is 0.137. The Morgan fingerprint density at radius 1 is 1.33 bits per heavy atom. The van der Waals surface area contributed by atoms with Crippen LogP contribution in [0.15, 0.2) is 30.5 Å². The molecular formula is C9H7NO2. The van der Waals surface area contributed by atoms with Gasteiger partial charge in [-0.1, -0.05) is 12.1 Å². The smallest absolute Gasteiger partial charge is 0.218 e. The van der Waals surface area contributed by atoms with Crippen molar-refractivity contribution in [3.05, 3.63) is 30.5 Å². The molecule has 0 radical (unpaired) electrons. The third kappa shape index (κ3) is 0.797. The summed E-state index contributed by atoms with van der Waals surface area (Å²) in [6.45, 7) is 0. The zero-order valence-corrected chi connectivity index (χ0v) is 6.27. The van der Waals surface area contributed by atoms with E-state index in [2.05, 4.69) is 0 Å². The number of carbonyl (C=O) groups is 1. The molecule has 3 nitrogen and oxygen atoms in total. The zero-order valence-electron chi connectivity index (χ0n) is 6.27. The van der Waals surface area contributed by atoms with Gasteiger partial charge in [-0.05, 0) is 12.1 Å². The van der Waals surface area contributed by atoms with Gasteiger partial charge in [-0.25, -0.2) is 0 Å². The number of hydrogen-bond acceptors (Lipinski definition) is 2. The van der Waals surface area contributed by atoms with Gasteiger partial charge in [0.15, 0.2) is 0 Å². The monoisotopic (exact) mass is 161 g/mol. The van der Waals surface area contributed by atoms with Gasteiger partial charge in [0.25, 0.3) is 0 Å². The Hall–Kier alpha value is -1.77. The van der Waals surface area contributed by atoms with Crippen molar-refractivity contribution in [1.29, 1.82) is 0 Å². The summed E-state index contributed by atoms with van der Waals surface area (Å²) in [6.07, 6.45) is 2.07. The van der Waals surface area contributed by atoms with E-state index in [1.54, 1.807) is 12.1 Å². The van der Waals surface area contributed by atoms with Crippen LogP contribution in [0.25, 0.3) is 10.9 Å². The molecule has 0 fully saturated rings. The van der Waals surface area contributed by atoms with Crippen molar-refractivity contribution in [2.75, 3.05) is 0 Å². The molecule has 0 bridgehead atoms. The van der Waals surface area contributed by atoms with Crippen molar-refractivity contribution in [2.24, 2.45) is 0 Å². The minimum atomic E-state index is 0.137. The number of carbonyl (C=O) groups excluding carboxylic acids is 1. The lowest BCUT2D eigenvalue weighted by Gasteiger charge is -1.90. The van der Waals surface area contributed by atoms with E-state index in [1.807, 2.05) is 12.1 Å². The van der Waals surface area contributed by atoms with Gasteiger partial charge in [-0.15, -0.1) is 0 Å².